The van der Waals surface area contributed by atoms with Crippen molar-refractivity contribution in [1.82, 2.24) is 4.98 Å². The standard InChI is InChI=1S/C12H9ClFNOS/c1-7-4-9(13)8(5-10(7)14)11-6-17-12(15-11)2-3-16/h3-6H,2H2,1H3. The van der Waals surface area contributed by atoms with Gasteiger partial charge in [-0.3, -0.25) is 0 Å². The van der Waals surface area contributed by atoms with Crippen molar-refractivity contribution in [3.8, 4) is 11.3 Å². The molecule has 2 nitrogen and oxygen atoms in total. The number of rotatable bonds is 3. The molecule has 0 aliphatic rings. The van der Waals surface area contributed by atoms with E-state index in [1.807, 2.05) is 0 Å². The minimum atomic E-state index is -0.311. The van der Waals surface area contributed by atoms with Gasteiger partial charge in [-0.2, -0.15) is 0 Å². The topological polar surface area (TPSA) is 30.0 Å². The fraction of sp³-hybridized carbons (Fsp3) is 0.167. The Morgan fingerprint density at radius 3 is 3.00 bits per heavy atom. The second-order valence-electron chi connectivity index (χ2n) is 3.58. The van der Waals surface area contributed by atoms with E-state index < -0.39 is 0 Å². The molecule has 0 bridgehead atoms. The SMILES string of the molecule is Cc1cc(Cl)c(-c2csc(CC=O)n2)cc1F. The van der Waals surface area contributed by atoms with Crippen molar-refractivity contribution < 1.29 is 9.18 Å². The summed E-state index contributed by atoms with van der Waals surface area (Å²) in [4.78, 5) is 14.6. The summed E-state index contributed by atoms with van der Waals surface area (Å²) in [6, 6.07) is 2.95. The molecule has 0 N–H and O–H groups in total. The van der Waals surface area contributed by atoms with Gasteiger partial charge in [0.15, 0.2) is 0 Å². The lowest BCUT2D eigenvalue weighted by atomic mass is 10.1. The van der Waals surface area contributed by atoms with Gasteiger partial charge in [0.25, 0.3) is 0 Å². The number of nitrogens with zero attached hydrogens (tertiary/aromatic N) is 1. The van der Waals surface area contributed by atoms with Crippen LogP contribution in [0.15, 0.2) is 17.5 Å². The van der Waals surface area contributed by atoms with Crippen molar-refractivity contribution in [1.29, 1.82) is 0 Å². The zero-order valence-corrected chi connectivity index (χ0v) is 10.6. The first-order valence-corrected chi connectivity index (χ1v) is 6.21. The number of carbonyl (C=O) groups is 1. The van der Waals surface area contributed by atoms with Crippen LogP contribution in [0.4, 0.5) is 4.39 Å². The third-order valence-electron chi connectivity index (χ3n) is 2.33. The van der Waals surface area contributed by atoms with E-state index in [0.717, 1.165) is 6.29 Å². The van der Waals surface area contributed by atoms with Crippen LogP contribution in [-0.4, -0.2) is 11.3 Å². The molecule has 17 heavy (non-hydrogen) atoms. The minimum Gasteiger partial charge on any atom is -0.303 e. The maximum Gasteiger partial charge on any atom is 0.126 e. The smallest absolute Gasteiger partial charge is 0.126 e. The number of benzene rings is 1. The number of aryl methyl sites for hydroxylation is 1. The van der Waals surface area contributed by atoms with Gasteiger partial charge in [0, 0.05) is 10.9 Å². The number of hydrogen-bond donors (Lipinski definition) is 0. The van der Waals surface area contributed by atoms with Crippen LogP contribution in [0.3, 0.4) is 0 Å². The molecule has 0 spiro atoms. The van der Waals surface area contributed by atoms with Crippen LogP contribution in [0.1, 0.15) is 10.6 Å². The summed E-state index contributed by atoms with van der Waals surface area (Å²) in [5.41, 5.74) is 1.67. The molecule has 5 heteroatoms. The Balaban J connectivity index is 2.45. The van der Waals surface area contributed by atoms with Crippen LogP contribution in [0.2, 0.25) is 5.02 Å². The van der Waals surface area contributed by atoms with Gasteiger partial charge in [0.05, 0.1) is 17.1 Å². The average molecular weight is 270 g/mol. The molecule has 0 saturated heterocycles. The Hall–Kier alpha value is -1.26. The predicted octanol–water partition coefficient (Wildman–Crippen LogP) is 3.65. The highest BCUT2D eigenvalue weighted by Gasteiger charge is 2.11. The fourth-order valence-corrected chi connectivity index (χ4v) is 2.50. The number of halogens is 2. The van der Waals surface area contributed by atoms with Crippen LogP contribution in [0, 0.1) is 12.7 Å². The molecule has 88 valence electrons. The van der Waals surface area contributed by atoms with Crippen molar-refractivity contribution in [2.45, 2.75) is 13.3 Å². The molecule has 2 rings (SSSR count). The maximum absolute atomic E-state index is 13.5. The molecule has 0 saturated carbocycles. The van der Waals surface area contributed by atoms with Crippen molar-refractivity contribution in [3.63, 3.8) is 0 Å². The summed E-state index contributed by atoms with van der Waals surface area (Å²) in [5.74, 6) is -0.311. The highest BCUT2D eigenvalue weighted by molar-refractivity contribution is 7.10. The zero-order valence-electron chi connectivity index (χ0n) is 9.04. The summed E-state index contributed by atoms with van der Waals surface area (Å²) < 4.78 is 13.5. The third-order valence-corrected chi connectivity index (χ3v) is 3.52. The Bertz CT molecular complexity index is 568. The second kappa shape index (κ2) is 4.94. The molecule has 1 aromatic heterocycles. The Morgan fingerprint density at radius 1 is 1.53 bits per heavy atom. The molecule has 0 aliphatic heterocycles. The number of hydrogen-bond acceptors (Lipinski definition) is 3. The average Bonchev–Trinajstić information content (AvgIpc) is 2.72. The Morgan fingerprint density at radius 2 is 2.29 bits per heavy atom. The molecule has 0 aliphatic carbocycles. The maximum atomic E-state index is 13.5. The highest BCUT2D eigenvalue weighted by Crippen LogP contribution is 2.31. The van der Waals surface area contributed by atoms with Crippen molar-refractivity contribution in [2.24, 2.45) is 0 Å². The van der Waals surface area contributed by atoms with E-state index in [4.69, 9.17) is 11.6 Å². The monoisotopic (exact) mass is 269 g/mol. The number of aldehydes is 1. The van der Waals surface area contributed by atoms with Gasteiger partial charge in [0.1, 0.15) is 17.1 Å². The van der Waals surface area contributed by atoms with Gasteiger partial charge >= 0.3 is 0 Å². The van der Waals surface area contributed by atoms with Gasteiger partial charge in [-0.05, 0) is 24.6 Å². The zero-order chi connectivity index (χ0) is 12.4. The van der Waals surface area contributed by atoms with Gasteiger partial charge in [0.2, 0.25) is 0 Å². The van der Waals surface area contributed by atoms with E-state index in [1.54, 1.807) is 18.4 Å². The molecular weight excluding hydrogens is 261 g/mol. The second-order valence-corrected chi connectivity index (χ2v) is 4.93. The van der Waals surface area contributed by atoms with Gasteiger partial charge < -0.3 is 4.79 Å². The van der Waals surface area contributed by atoms with Crippen LogP contribution in [-0.2, 0) is 11.2 Å². The summed E-state index contributed by atoms with van der Waals surface area (Å²) in [6.07, 6.45) is 1.07. The Kier molecular flexibility index (Phi) is 3.54. The first kappa shape index (κ1) is 12.2. The van der Waals surface area contributed by atoms with Crippen LogP contribution in [0.25, 0.3) is 11.3 Å². The van der Waals surface area contributed by atoms with E-state index in [9.17, 15) is 9.18 Å². The van der Waals surface area contributed by atoms with E-state index in [1.165, 1.54) is 17.4 Å². The molecule has 0 atom stereocenters. The fourth-order valence-electron chi connectivity index (χ4n) is 1.44. The molecular formula is C12H9ClFNOS. The normalized spacial score (nSPS) is 10.5. The Labute approximate surface area is 107 Å². The molecule has 2 aromatic rings. The molecule has 1 heterocycles. The van der Waals surface area contributed by atoms with Crippen molar-refractivity contribution in [2.75, 3.05) is 0 Å². The van der Waals surface area contributed by atoms with E-state index in [2.05, 4.69) is 4.98 Å². The third kappa shape index (κ3) is 2.53. The van der Waals surface area contributed by atoms with Crippen LogP contribution >= 0.6 is 22.9 Å². The summed E-state index contributed by atoms with van der Waals surface area (Å²) >= 11 is 7.42. The van der Waals surface area contributed by atoms with Gasteiger partial charge in [-0.1, -0.05) is 11.6 Å². The number of thiazole rings is 1. The summed E-state index contributed by atoms with van der Waals surface area (Å²) in [6.45, 7) is 1.66. The first-order chi connectivity index (χ1) is 8.11. The molecule has 0 unspecified atom stereocenters. The van der Waals surface area contributed by atoms with Gasteiger partial charge in [-0.15, -0.1) is 11.3 Å². The lowest BCUT2D eigenvalue weighted by Gasteiger charge is -2.03. The number of aromatic nitrogens is 1. The minimum absolute atomic E-state index is 0.274. The lowest BCUT2D eigenvalue weighted by Crippen LogP contribution is -1.88. The molecule has 0 fully saturated rings. The van der Waals surface area contributed by atoms with Crippen LogP contribution in [0.5, 0.6) is 0 Å². The van der Waals surface area contributed by atoms with Crippen LogP contribution < -0.4 is 0 Å². The summed E-state index contributed by atoms with van der Waals surface area (Å²) in [5, 5.41) is 2.94. The van der Waals surface area contributed by atoms with Crippen molar-refractivity contribution >= 4 is 29.2 Å². The predicted molar refractivity (Wildman–Crippen MR) is 67.0 cm³/mol. The first-order valence-electron chi connectivity index (χ1n) is 4.96. The van der Waals surface area contributed by atoms with Crippen molar-refractivity contribution in [3.05, 3.63) is 38.9 Å². The summed E-state index contributed by atoms with van der Waals surface area (Å²) in [7, 11) is 0. The molecule has 1 aromatic carbocycles. The highest BCUT2D eigenvalue weighted by atomic mass is 35.5. The number of carbonyl (C=O) groups excluding carboxylic acids is 1. The van der Waals surface area contributed by atoms with E-state index in [-0.39, 0.29) is 12.2 Å². The molecule has 0 amide bonds. The van der Waals surface area contributed by atoms with E-state index >= 15 is 0 Å². The lowest BCUT2D eigenvalue weighted by molar-refractivity contribution is -0.107. The van der Waals surface area contributed by atoms with Gasteiger partial charge in [-0.25, -0.2) is 9.37 Å². The largest absolute Gasteiger partial charge is 0.303 e. The quantitative estimate of drug-likeness (QED) is 0.796. The van der Waals surface area contributed by atoms with E-state index in [0.29, 0.717) is 26.9 Å². The molecule has 0 radical (unpaired) electrons.